The Bertz CT molecular complexity index is 1010. The molecule has 3 aliphatic carbocycles. The summed E-state index contributed by atoms with van der Waals surface area (Å²) in [4.78, 5) is 32.0. The fraction of sp³-hybridized carbons (Fsp3) is 0.625. The number of rotatable bonds is 5. The molecule has 4 atom stereocenters. The summed E-state index contributed by atoms with van der Waals surface area (Å²) in [7, 11) is 0. The molecule has 7 nitrogen and oxygen atoms in total. The first-order valence-electron chi connectivity index (χ1n) is 11.6. The van der Waals surface area contributed by atoms with Gasteiger partial charge in [-0.3, -0.25) is 14.0 Å². The number of amides is 2. The summed E-state index contributed by atoms with van der Waals surface area (Å²) < 4.78 is 1.80. The molecule has 7 heteroatoms. The van der Waals surface area contributed by atoms with Gasteiger partial charge in [-0.15, -0.1) is 0 Å². The van der Waals surface area contributed by atoms with Crippen molar-refractivity contribution in [3.05, 3.63) is 35.8 Å². The van der Waals surface area contributed by atoms with Crippen LogP contribution in [0.5, 0.6) is 0 Å². The molecule has 2 aromatic rings. The van der Waals surface area contributed by atoms with Gasteiger partial charge in [0.2, 0.25) is 5.91 Å². The molecule has 31 heavy (non-hydrogen) atoms. The molecule has 0 unspecified atom stereocenters. The normalized spacial score (nSPS) is 29.1. The molecule has 2 aromatic heterocycles. The highest BCUT2D eigenvalue weighted by molar-refractivity contribution is 5.93. The molecule has 4 fully saturated rings. The Labute approximate surface area is 183 Å². The van der Waals surface area contributed by atoms with Crippen molar-refractivity contribution in [3.63, 3.8) is 0 Å². The number of carbonyl (C=O) groups is 2. The number of nitrogens with one attached hydrogen (secondary N) is 1. The lowest BCUT2D eigenvalue weighted by atomic mass is 9.45. The molecule has 3 saturated carbocycles. The van der Waals surface area contributed by atoms with Gasteiger partial charge in [-0.2, -0.15) is 0 Å². The van der Waals surface area contributed by atoms with Crippen molar-refractivity contribution >= 4 is 17.5 Å². The van der Waals surface area contributed by atoms with Gasteiger partial charge in [0.1, 0.15) is 11.3 Å². The second-order valence-electron chi connectivity index (χ2n) is 10.3. The van der Waals surface area contributed by atoms with E-state index in [1.165, 1.54) is 19.3 Å². The molecule has 3 N–H and O–H groups in total. The van der Waals surface area contributed by atoms with Crippen LogP contribution in [-0.4, -0.2) is 51.8 Å². The van der Waals surface area contributed by atoms with Crippen LogP contribution in [0.3, 0.4) is 0 Å². The van der Waals surface area contributed by atoms with Crippen molar-refractivity contribution in [1.29, 1.82) is 0 Å². The number of carbonyl (C=O) groups excluding carboxylic acids is 2. The van der Waals surface area contributed by atoms with Crippen LogP contribution in [0, 0.1) is 23.2 Å². The van der Waals surface area contributed by atoms with Gasteiger partial charge in [0.25, 0.3) is 5.91 Å². The van der Waals surface area contributed by atoms with E-state index in [9.17, 15) is 9.59 Å². The van der Waals surface area contributed by atoms with E-state index in [0.29, 0.717) is 47.4 Å². The zero-order valence-electron chi connectivity index (χ0n) is 18.5. The molecular formula is C24H33N5O2. The summed E-state index contributed by atoms with van der Waals surface area (Å²) in [6.45, 7) is 6.81. The maximum absolute atomic E-state index is 13.0. The number of fused-ring (bicyclic) bond motifs is 3. The second-order valence-corrected chi connectivity index (χ2v) is 10.3. The summed E-state index contributed by atoms with van der Waals surface area (Å²) in [6.07, 6.45) is 6.69. The molecule has 3 heterocycles. The van der Waals surface area contributed by atoms with Crippen LogP contribution in [-0.2, 0) is 11.2 Å². The van der Waals surface area contributed by atoms with E-state index in [1.54, 1.807) is 9.30 Å². The predicted molar refractivity (Wildman–Crippen MR) is 119 cm³/mol. The predicted octanol–water partition coefficient (Wildman–Crippen LogP) is 2.24. The van der Waals surface area contributed by atoms with Crippen molar-refractivity contribution in [2.24, 2.45) is 28.9 Å². The SMILES string of the molecule is CC1(C)[C@@H]2CC[C@@H](CNC(=O)c3cccc4nc(CC(=O)N5CC[C@H](N)C5)cn34)[C@H]1C2. The van der Waals surface area contributed by atoms with Crippen molar-refractivity contribution in [2.45, 2.75) is 52.0 Å². The Balaban J connectivity index is 1.26. The Morgan fingerprint density at radius 3 is 2.81 bits per heavy atom. The maximum Gasteiger partial charge on any atom is 0.268 e. The minimum atomic E-state index is -0.0781. The average Bonchev–Trinajstić information content (AvgIpc) is 3.37. The van der Waals surface area contributed by atoms with Crippen LogP contribution < -0.4 is 11.1 Å². The van der Waals surface area contributed by atoms with Crippen LogP contribution in [0.15, 0.2) is 24.4 Å². The fourth-order valence-corrected chi connectivity index (χ4v) is 6.13. The molecule has 4 aliphatic rings. The fourth-order valence-electron chi connectivity index (χ4n) is 6.13. The van der Waals surface area contributed by atoms with E-state index in [1.807, 2.05) is 24.4 Å². The zero-order chi connectivity index (χ0) is 21.8. The van der Waals surface area contributed by atoms with Crippen LogP contribution >= 0.6 is 0 Å². The van der Waals surface area contributed by atoms with Crippen molar-refractivity contribution in [3.8, 4) is 0 Å². The molecule has 0 radical (unpaired) electrons. The quantitative estimate of drug-likeness (QED) is 0.771. The van der Waals surface area contributed by atoms with Crippen molar-refractivity contribution in [1.82, 2.24) is 19.6 Å². The molecule has 2 amide bonds. The Morgan fingerprint density at radius 1 is 1.26 bits per heavy atom. The molecule has 1 saturated heterocycles. The molecule has 0 spiro atoms. The van der Waals surface area contributed by atoms with Gasteiger partial charge < -0.3 is 16.0 Å². The highest BCUT2D eigenvalue weighted by Crippen LogP contribution is 2.61. The number of pyridine rings is 1. The van der Waals surface area contributed by atoms with Gasteiger partial charge >= 0.3 is 0 Å². The topological polar surface area (TPSA) is 92.7 Å². The Hall–Kier alpha value is -2.41. The van der Waals surface area contributed by atoms with E-state index < -0.39 is 0 Å². The molecule has 166 valence electrons. The number of imidazole rings is 1. The lowest BCUT2D eigenvalue weighted by Gasteiger charge is -2.60. The number of aromatic nitrogens is 2. The molecular weight excluding hydrogens is 390 g/mol. The molecule has 1 aliphatic heterocycles. The molecule has 6 rings (SSSR count). The summed E-state index contributed by atoms with van der Waals surface area (Å²) in [5.41, 5.74) is 8.27. The first-order chi connectivity index (χ1) is 14.8. The van der Waals surface area contributed by atoms with Gasteiger partial charge in [0.05, 0.1) is 12.1 Å². The summed E-state index contributed by atoms with van der Waals surface area (Å²) >= 11 is 0. The monoisotopic (exact) mass is 423 g/mol. The lowest BCUT2D eigenvalue weighted by Crippen LogP contribution is -2.54. The number of nitrogens with two attached hydrogens (primary N) is 1. The molecule has 0 aromatic carbocycles. The number of hydrogen-bond acceptors (Lipinski definition) is 4. The smallest absolute Gasteiger partial charge is 0.268 e. The van der Waals surface area contributed by atoms with Crippen LogP contribution in [0.1, 0.15) is 55.7 Å². The van der Waals surface area contributed by atoms with E-state index >= 15 is 0 Å². The highest BCUT2D eigenvalue weighted by atomic mass is 16.2. The Kier molecular flexibility index (Phi) is 5.04. The van der Waals surface area contributed by atoms with E-state index in [0.717, 1.165) is 18.9 Å². The zero-order valence-corrected chi connectivity index (χ0v) is 18.5. The number of hydrogen-bond donors (Lipinski definition) is 2. The average molecular weight is 424 g/mol. The van der Waals surface area contributed by atoms with Gasteiger partial charge in [-0.1, -0.05) is 19.9 Å². The van der Waals surface area contributed by atoms with Crippen molar-refractivity contribution in [2.75, 3.05) is 19.6 Å². The van der Waals surface area contributed by atoms with Crippen LogP contribution in [0.2, 0.25) is 0 Å². The third kappa shape index (κ3) is 3.63. The maximum atomic E-state index is 13.0. The van der Waals surface area contributed by atoms with Gasteiger partial charge in [-0.25, -0.2) is 4.98 Å². The first kappa shape index (κ1) is 20.5. The molecule has 2 bridgehead atoms. The largest absolute Gasteiger partial charge is 0.350 e. The van der Waals surface area contributed by atoms with E-state index in [-0.39, 0.29) is 24.3 Å². The van der Waals surface area contributed by atoms with Gasteiger partial charge in [0.15, 0.2) is 0 Å². The number of likely N-dealkylation sites (tertiary alicyclic amines) is 1. The van der Waals surface area contributed by atoms with Crippen molar-refractivity contribution < 1.29 is 9.59 Å². The highest BCUT2D eigenvalue weighted by Gasteiger charge is 2.53. The van der Waals surface area contributed by atoms with Gasteiger partial charge in [0, 0.05) is 31.9 Å². The summed E-state index contributed by atoms with van der Waals surface area (Å²) in [6, 6.07) is 5.61. The van der Waals surface area contributed by atoms with Crippen LogP contribution in [0.25, 0.3) is 5.65 Å². The third-order valence-electron chi connectivity index (χ3n) is 8.21. The summed E-state index contributed by atoms with van der Waals surface area (Å²) in [5, 5.41) is 3.18. The number of nitrogens with zero attached hydrogens (tertiary/aromatic N) is 3. The van der Waals surface area contributed by atoms with E-state index in [4.69, 9.17) is 5.73 Å². The third-order valence-corrected chi connectivity index (χ3v) is 8.21. The Morgan fingerprint density at radius 2 is 2.10 bits per heavy atom. The summed E-state index contributed by atoms with van der Waals surface area (Å²) in [5.74, 6) is 2.10. The van der Waals surface area contributed by atoms with E-state index in [2.05, 4.69) is 24.1 Å². The minimum absolute atomic E-state index is 0.0427. The first-order valence-corrected chi connectivity index (χ1v) is 11.6. The van der Waals surface area contributed by atoms with Gasteiger partial charge in [-0.05, 0) is 61.0 Å². The standard InChI is InChI=1S/C24H33N5O2/c1-24(2)16-7-6-15(19(24)10-16)12-26-23(31)20-4-3-5-21-27-18(14-29(20)21)11-22(30)28-9-8-17(25)13-28/h3-5,14-17,19H,6-13,25H2,1-2H3,(H,26,31)/t15-,16+,17-,19+/m0/s1. The second kappa shape index (κ2) is 7.62. The minimum Gasteiger partial charge on any atom is -0.350 e. The van der Waals surface area contributed by atoms with Crippen LogP contribution in [0.4, 0.5) is 0 Å². The lowest BCUT2D eigenvalue weighted by molar-refractivity contribution is -0.129.